The van der Waals surface area contributed by atoms with Crippen molar-refractivity contribution in [1.29, 1.82) is 0 Å². The Labute approximate surface area is 340 Å². The van der Waals surface area contributed by atoms with E-state index in [2.05, 4.69) is 25.5 Å². The van der Waals surface area contributed by atoms with Crippen molar-refractivity contribution in [2.75, 3.05) is 19.0 Å². The van der Waals surface area contributed by atoms with Crippen molar-refractivity contribution in [3.05, 3.63) is 87.3 Å². The van der Waals surface area contributed by atoms with Crippen molar-refractivity contribution in [3.63, 3.8) is 0 Å². The number of aliphatic carboxylic acids is 1. The van der Waals surface area contributed by atoms with Gasteiger partial charge in [0, 0.05) is 43.7 Å². The number of carboxylic acids is 1. The summed E-state index contributed by atoms with van der Waals surface area (Å²) in [5.41, 5.74) is 14.8. The summed E-state index contributed by atoms with van der Waals surface area (Å²) >= 11 is 1.18. The van der Waals surface area contributed by atoms with E-state index in [1.165, 1.54) is 36.6 Å². The van der Waals surface area contributed by atoms with Crippen molar-refractivity contribution < 1.29 is 38.6 Å². The number of carboxylic acid groups (broad SMARTS) is 1. The zero-order valence-corrected chi connectivity index (χ0v) is 33.8. The van der Waals surface area contributed by atoms with Gasteiger partial charge < -0.3 is 35.2 Å². The van der Waals surface area contributed by atoms with Gasteiger partial charge in [0.2, 0.25) is 17.8 Å². The molecule has 0 saturated carbocycles. The minimum Gasteiger partial charge on any atom is -0.494 e. The lowest BCUT2D eigenvalue weighted by Crippen LogP contribution is -2.20. The van der Waals surface area contributed by atoms with Crippen LogP contribution in [0, 0.1) is 13.8 Å². The lowest BCUT2D eigenvalue weighted by atomic mass is 10.1. The zero-order chi connectivity index (χ0) is 42.5. The number of carbonyl (C=O) groups excluding carboxylic acids is 4. The molecule has 308 valence electrons. The molecule has 4 heterocycles. The van der Waals surface area contributed by atoms with Crippen molar-refractivity contribution in [1.82, 2.24) is 33.7 Å². The molecule has 4 amide bonds. The molecule has 0 radical (unpaired) electrons. The number of rotatable bonds is 17. The Kier molecular flexibility index (Phi) is 12.4. The topological polar surface area (TPSA) is 259 Å². The van der Waals surface area contributed by atoms with Gasteiger partial charge in [-0.15, -0.1) is 0 Å². The van der Waals surface area contributed by atoms with E-state index in [-0.39, 0.29) is 60.9 Å². The molecular formula is C39H43N11O8S. The van der Waals surface area contributed by atoms with Gasteiger partial charge in [-0.25, -0.2) is 4.98 Å². The number of ether oxygens (including phenoxy) is 2. The van der Waals surface area contributed by atoms with Crippen molar-refractivity contribution in [3.8, 4) is 11.5 Å². The minimum absolute atomic E-state index is 0.00602. The molecule has 0 unspecified atom stereocenters. The third kappa shape index (κ3) is 8.91. The SMILES string of the molecule is CCn1nc(C)cc1C(=O)/N=c1\sc2cc(C(N)=O)cc(OC)c2n1C/C=C/Cn1c(NC(=O)c2cc(C)nn2CC)nc2cc(C(N)=O)cc(OCCCC(=O)O)c21. The molecule has 59 heavy (non-hydrogen) atoms. The predicted molar refractivity (Wildman–Crippen MR) is 218 cm³/mol. The molecule has 20 heteroatoms. The van der Waals surface area contributed by atoms with E-state index in [0.717, 1.165) is 0 Å². The zero-order valence-electron chi connectivity index (χ0n) is 33.0. The largest absolute Gasteiger partial charge is 0.494 e. The van der Waals surface area contributed by atoms with E-state index in [4.69, 9.17) is 20.9 Å². The van der Waals surface area contributed by atoms with Crippen LogP contribution in [0.25, 0.3) is 21.3 Å². The number of benzene rings is 2. The van der Waals surface area contributed by atoms with E-state index >= 15 is 0 Å². The average molecular weight is 826 g/mol. The molecule has 6 rings (SSSR count). The highest BCUT2D eigenvalue weighted by atomic mass is 32.1. The number of allylic oxidation sites excluding steroid dienone is 2. The maximum Gasteiger partial charge on any atom is 0.303 e. The summed E-state index contributed by atoms with van der Waals surface area (Å²) in [4.78, 5) is 72.5. The van der Waals surface area contributed by atoms with Gasteiger partial charge in [-0.3, -0.25) is 38.7 Å². The molecule has 0 spiro atoms. The van der Waals surface area contributed by atoms with Gasteiger partial charge in [-0.05, 0) is 70.5 Å². The third-order valence-corrected chi connectivity index (χ3v) is 10.2. The molecule has 0 aliphatic heterocycles. The fourth-order valence-electron chi connectivity index (χ4n) is 6.48. The quantitative estimate of drug-likeness (QED) is 0.0760. The van der Waals surface area contributed by atoms with Gasteiger partial charge in [0.05, 0.1) is 35.3 Å². The van der Waals surface area contributed by atoms with Crippen LogP contribution in [0.4, 0.5) is 5.95 Å². The number of thiazole rings is 1. The number of primary amides is 2. The maximum absolute atomic E-state index is 13.7. The fraction of sp³-hybridized carbons (Fsp3) is 0.308. The monoisotopic (exact) mass is 825 g/mol. The minimum atomic E-state index is -0.989. The Morgan fingerprint density at radius 3 is 2.08 bits per heavy atom. The predicted octanol–water partition coefficient (Wildman–Crippen LogP) is 3.80. The second-order valence-electron chi connectivity index (χ2n) is 13.3. The summed E-state index contributed by atoms with van der Waals surface area (Å²) in [5, 5.41) is 20.8. The number of aromatic nitrogens is 7. The van der Waals surface area contributed by atoms with Crippen molar-refractivity contribution in [2.24, 2.45) is 16.5 Å². The first-order chi connectivity index (χ1) is 28.2. The summed E-state index contributed by atoms with van der Waals surface area (Å²) in [7, 11) is 1.46. The summed E-state index contributed by atoms with van der Waals surface area (Å²) in [6.07, 6.45) is 3.66. The van der Waals surface area contributed by atoms with Crippen LogP contribution < -0.4 is 31.1 Å². The first-order valence-electron chi connectivity index (χ1n) is 18.6. The average Bonchev–Trinajstić information content (AvgIpc) is 3.96. The Balaban J connectivity index is 1.44. The number of anilines is 1. The van der Waals surface area contributed by atoms with Crippen LogP contribution >= 0.6 is 11.3 Å². The number of nitrogens with one attached hydrogen (secondary N) is 1. The molecule has 0 bridgehead atoms. The maximum atomic E-state index is 13.7. The number of hydrogen-bond acceptors (Lipinski definition) is 11. The summed E-state index contributed by atoms with van der Waals surface area (Å²) in [6, 6.07) is 9.39. The molecule has 0 aliphatic rings. The standard InChI is InChI=1S/C39H43N11O8S/c1-6-49-26(15-21(3)45-49)36(55)43-38-42-25-17-23(34(40)53)19-29(58-14-10-11-31(51)52)32(25)47(38)12-8-9-13-48-33-28(57-5)18-24(35(41)54)20-30(33)59-39(48)44-37(56)27-16-22(4)46-50(27)7-2/h8-9,15-20H,6-7,10-14H2,1-5H3,(H2,40,53)(H2,41,54)(H,51,52)(H,42,43,55)/b9-8+,44-39-. The van der Waals surface area contributed by atoms with Crippen LogP contribution in [-0.4, -0.2) is 82.1 Å². The summed E-state index contributed by atoms with van der Waals surface area (Å²) in [5.74, 6) is -2.72. The number of fused-ring (bicyclic) bond motifs is 2. The van der Waals surface area contributed by atoms with Crippen molar-refractivity contribution >= 4 is 68.1 Å². The van der Waals surface area contributed by atoms with Gasteiger partial charge >= 0.3 is 5.97 Å². The van der Waals surface area contributed by atoms with E-state index in [9.17, 15) is 29.1 Å². The number of amides is 4. The number of methoxy groups -OCH3 is 1. The number of nitrogens with two attached hydrogens (primary N) is 2. The lowest BCUT2D eigenvalue weighted by molar-refractivity contribution is -0.137. The number of aryl methyl sites for hydroxylation is 4. The smallest absolute Gasteiger partial charge is 0.303 e. The fourth-order valence-corrected chi connectivity index (χ4v) is 7.58. The molecule has 19 nitrogen and oxygen atoms in total. The molecule has 0 fully saturated rings. The van der Waals surface area contributed by atoms with E-state index < -0.39 is 29.6 Å². The number of imidazole rings is 1. The third-order valence-electron chi connectivity index (χ3n) is 9.15. The number of nitrogens with zero attached hydrogens (tertiary/aromatic N) is 8. The molecule has 4 aromatic heterocycles. The van der Waals surface area contributed by atoms with Gasteiger partial charge in [-0.2, -0.15) is 15.2 Å². The Morgan fingerprint density at radius 2 is 1.46 bits per heavy atom. The first-order valence-corrected chi connectivity index (χ1v) is 19.4. The van der Waals surface area contributed by atoms with Crippen LogP contribution in [-0.2, 0) is 31.0 Å². The van der Waals surface area contributed by atoms with Crippen LogP contribution in [0.15, 0.2) is 53.5 Å². The molecule has 2 aromatic carbocycles. The van der Waals surface area contributed by atoms with Gasteiger partial charge in [0.15, 0.2) is 4.80 Å². The highest BCUT2D eigenvalue weighted by molar-refractivity contribution is 7.16. The van der Waals surface area contributed by atoms with Gasteiger partial charge in [-0.1, -0.05) is 23.5 Å². The van der Waals surface area contributed by atoms with E-state index in [0.29, 0.717) is 62.1 Å². The summed E-state index contributed by atoms with van der Waals surface area (Å²) in [6.45, 7) is 8.47. The Bertz CT molecular complexity index is 2730. The highest BCUT2D eigenvalue weighted by Crippen LogP contribution is 2.32. The second-order valence-corrected chi connectivity index (χ2v) is 14.3. The first kappa shape index (κ1) is 41.5. The lowest BCUT2D eigenvalue weighted by Gasteiger charge is -2.13. The van der Waals surface area contributed by atoms with Crippen molar-refractivity contribution in [2.45, 2.75) is 66.7 Å². The number of carbonyl (C=O) groups is 5. The molecule has 6 aromatic rings. The Morgan fingerprint density at radius 1 is 0.847 bits per heavy atom. The second kappa shape index (κ2) is 17.6. The van der Waals surface area contributed by atoms with Gasteiger partial charge in [0.25, 0.3) is 11.8 Å². The van der Waals surface area contributed by atoms with Crippen LogP contribution in [0.5, 0.6) is 11.5 Å². The number of hydrogen-bond donors (Lipinski definition) is 4. The highest BCUT2D eigenvalue weighted by Gasteiger charge is 2.22. The molecule has 0 atom stereocenters. The summed E-state index contributed by atoms with van der Waals surface area (Å²) < 4.78 is 18.9. The molecule has 0 aliphatic carbocycles. The van der Waals surface area contributed by atoms with E-state index in [1.807, 2.05) is 19.9 Å². The van der Waals surface area contributed by atoms with Crippen LogP contribution in [0.1, 0.15) is 79.8 Å². The van der Waals surface area contributed by atoms with E-state index in [1.54, 1.807) is 56.6 Å². The molecule has 6 N–H and O–H groups in total. The molecule has 0 saturated heterocycles. The Hall–Kier alpha value is -7.09. The van der Waals surface area contributed by atoms with Gasteiger partial charge in [0.1, 0.15) is 33.9 Å². The van der Waals surface area contributed by atoms with Crippen LogP contribution in [0.3, 0.4) is 0 Å². The normalized spacial score (nSPS) is 11.8. The molecular weight excluding hydrogens is 783 g/mol. The van der Waals surface area contributed by atoms with Crippen LogP contribution in [0.2, 0.25) is 0 Å².